The first-order valence-corrected chi connectivity index (χ1v) is 9.52. The smallest absolute Gasteiger partial charge is 0.230 e. The topological polar surface area (TPSA) is 38.3 Å². The summed E-state index contributed by atoms with van der Waals surface area (Å²) in [5.41, 5.74) is 4.89. The van der Waals surface area contributed by atoms with Gasteiger partial charge in [0, 0.05) is 18.2 Å². The summed E-state index contributed by atoms with van der Waals surface area (Å²) in [5.74, 6) is 0.0213. The fraction of sp³-hybridized carbons (Fsp3) is 0.240. The maximum absolute atomic E-state index is 12.8. The molecule has 0 aliphatic carbocycles. The third kappa shape index (κ3) is 5.08. The van der Waals surface area contributed by atoms with E-state index in [0.29, 0.717) is 13.0 Å². The Morgan fingerprint density at radius 2 is 1.39 bits per heavy atom. The molecule has 3 rings (SSSR count). The van der Waals surface area contributed by atoms with Crippen molar-refractivity contribution in [1.29, 1.82) is 0 Å². The Balaban J connectivity index is 1.65. The first kappa shape index (κ1) is 19.8. The zero-order valence-electron chi connectivity index (χ0n) is 16.7. The number of anilines is 1. The summed E-state index contributed by atoms with van der Waals surface area (Å²) >= 11 is 0. The van der Waals surface area contributed by atoms with Crippen molar-refractivity contribution in [3.05, 3.63) is 90.0 Å². The number of rotatable bonds is 7. The van der Waals surface area contributed by atoms with Crippen molar-refractivity contribution >= 4 is 11.6 Å². The van der Waals surface area contributed by atoms with Gasteiger partial charge in [-0.3, -0.25) is 4.79 Å². The summed E-state index contributed by atoms with van der Waals surface area (Å²) in [4.78, 5) is 12.8. The van der Waals surface area contributed by atoms with Crippen molar-refractivity contribution < 1.29 is 9.53 Å². The number of ether oxygens (including phenoxy) is 1. The predicted octanol–water partition coefficient (Wildman–Crippen LogP) is 5.71. The summed E-state index contributed by atoms with van der Waals surface area (Å²) in [7, 11) is 1.70. The molecule has 0 bridgehead atoms. The van der Waals surface area contributed by atoms with Crippen molar-refractivity contribution in [1.82, 2.24) is 0 Å². The first-order valence-electron chi connectivity index (χ1n) is 9.52. The van der Waals surface area contributed by atoms with Crippen molar-refractivity contribution in [2.24, 2.45) is 5.41 Å². The lowest BCUT2D eigenvalue weighted by atomic mass is 9.84. The van der Waals surface area contributed by atoms with E-state index < -0.39 is 5.41 Å². The van der Waals surface area contributed by atoms with Gasteiger partial charge in [0.15, 0.2) is 0 Å². The van der Waals surface area contributed by atoms with Gasteiger partial charge in [0.1, 0.15) is 0 Å². The molecule has 0 atom stereocenters. The van der Waals surface area contributed by atoms with Crippen LogP contribution in [0.1, 0.15) is 25.0 Å². The van der Waals surface area contributed by atoms with Crippen molar-refractivity contribution in [3.8, 4) is 11.1 Å². The molecular weight excluding hydrogens is 346 g/mol. The van der Waals surface area contributed by atoms with E-state index in [2.05, 4.69) is 41.7 Å². The van der Waals surface area contributed by atoms with Crippen LogP contribution in [0.15, 0.2) is 78.9 Å². The highest BCUT2D eigenvalue weighted by atomic mass is 16.5. The fourth-order valence-electron chi connectivity index (χ4n) is 3.19. The Hall–Kier alpha value is -2.91. The summed E-state index contributed by atoms with van der Waals surface area (Å²) in [6, 6.07) is 26.4. The zero-order chi connectivity index (χ0) is 20.0. The van der Waals surface area contributed by atoms with Gasteiger partial charge < -0.3 is 10.1 Å². The Kier molecular flexibility index (Phi) is 6.27. The van der Waals surface area contributed by atoms with Gasteiger partial charge in [-0.05, 0) is 40.8 Å². The summed E-state index contributed by atoms with van der Waals surface area (Å²) in [6.07, 6.45) is 0.700. The Morgan fingerprint density at radius 1 is 0.821 bits per heavy atom. The number of amides is 1. The second-order valence-corrected chi connectivity index (χ2v) is 7.71. The monoisotopic (exact) mass is 373 g/mol. The largest absolute Gasteiger partial charge is 0.380 e. The van der Waals surface area contributed by atoms with Gasteiger partial charge in [0.25, 0.3) is 0 Å². The number of nitrogens with one attached hydrogen (secondary N) is 1. The van der Waals surface area contributed by atoms with Crippen LogP contribution in [0.5, 0.6) is 0 Å². The summed E-state index contributed by atoms with van der Waals surface area (Å²) in [6.45, 7) is 4.57. The van der Waals surface area contributed by atoms with Gasteiger partial charge in [0.05, 0.1) is 6.61 Å². The number of hydrogen-bond acceptors (Lipinski definition) is 2. The van der Waals surface area contributed by atoms with E-state index in [1.165, 1.54) is 0 Å². The number of hydrogen-bond donors (Lipinski definition) is 1. The minimum absolute atomic E-state index is 0.0213. The molecule has 0 heterocycles. The minimum Gasteiger partial charge on any atom is -0.380 e. The molecule has 3 aromatic rings. The predicted molar refractivity (Wildman–Crippen MR) is 115 cm³/mol. The zero-order valence-corrected chi connectivity index (χ0v) is 16.7. The van der Waals surface area contributed by atoms with Crippen LogP contribution in [0, 0.1) is 5.41 Å². The van der Waals surface area contributed by atoms with Gasteiger partial charge in [-0.15, -0.1) is 0 Å². The normalized spacial score (nSPS) is 11.2. The molecule has 0 saturated carbocycles. The number of methoxy groups -OCH3 is 1. The minimum atomic E-state index is -0.489. The van der Waals surface area contributed by atoms with E-state index in [1.54, 1.807) is 7.11 Å². The van der Waals surface area contributed by atoms with E-state index in [9.17, 15) is 4.79 Å². The molecule has 0 radical (unpaired) electrons. The van der Waals surface area contributed by atoms with Gasteiger partial charge in [0.2, 0.25) is 5.91 Å². The quantitative estimate of drug-likeness (QED) is 0.576. The molecule has 3 aromatic carbocycles. The summed E-state index contributed by atoms with van der Waals surface area (Å²) in [5, 5.41) is 3.05. The number of carbonyl (C=O) groups excluding carboxylic acids is 1. The first-order chi connectivity index (χ1) is 13.5. The Morgan fingerprint density at radius 3 is 1.96 bits per heavy atom. The molecule has 0 aliphatic rings. The molecule has 1 N–H and O–H groups in total. The standard InChI is InChI=1S/C25H27NO2/c1-25(2,17-19-7-5-4-6-8-19)24(27)26-23-15-13-22(14-16-23)21-11-9-20(10-12-21)18-28-3/h4-16H,17-18H2,1-3H3,(H,26,27). The lowest BCUT2D eigenvalue weighted by molar-refractivity contribution is -0.123. The fourth-order valence-corrected chi connectivity index (χ4v) is 3.19. The van der Waals surface area contributed by atoms with Crippen molar-refractivity contribution in [2.45, 2.75) is 26.9 Å². The molecule has 3 nitrogen and oxygen atoms in total. The van der Waals surface area contributed by atoms with Crippen LogP contribution < -0.4 is 5.32 Å². The molecule has 28 heavy (non-hydrogen) atoms. The molecule has 0 aromatic heterocycles. The molecule has 0 aliphatic heterocycles. The molecule has 0 saturated heterocycles. The lowest BCUT2D eigenvalue weighted by Gasteiger charge is -2.24. The molecule has 0 fully saturated rings. The maximum atomic E-state index is 12.8. The van der Waals surface area contributed by atoms with E-state index in [0.717, 1.165) is 27.9 Å². The van der Waals surface area contributed by atoms with Gasteiger partial charge in [-0.2, -0.15) is 0 Å². The molecule has 0 unspecified atom stereocenters. The molecule has 1 amide bonds. The highest BCUT2D eigenvalue weighted by Gasteiger charge is 2.27. The van der Waals surface area contributed by atoms with Crippen LogP contribution in [0.3, 0.4) is 0 Å². The van der Waals surface area contributed by atoms with Crippen molar-refractivity contribution in [2.75, 3.05) is 12.4 Å². The second kappa shape index (κ2) is 8.85. The van der Waals surface area contributed by atoms with Crippen LogP contribution in [-0.4, -0.2) is 13.0 Å². The molecule has 3 heteroatoms. The molecule has 144 valence electrons. The van der Waals surface area contributed by atoms with Crippen LogP contribution in [0.25, 0.3) is 11.1 Å². The average molecular weight is 373 g/mol. The number of carbonyl (C=O) groups is 1. The SMILES string of the molecule is COCc1ccc(-c2ccc(NC(=O)C(C)(C)Cc3ccccc3)cc2)cc1. The van der Waals surface area contributed by atoms with E-state index in [4.69, 9.17) is 4.74 Å². The Labute approximate surface area is 167 Å². The highest BCUT2D eigenvalue weighted by molar-refractivity contribution is 5.95. The van der Waals surface area contributed by atoms with E-state index in [1.807, 2.05) is 56.3 Å². The van der Waals surface area contributed by atoms with Crippen LogP contribution in [0.4, 0.5) is 5.69 Å². The Bertz CT molecular complexity index is 898. The van der Waals surface area contributed by atoms with Crippen LogP contribution in [-0.2, 0) is 22.6 Å². The maximum Gasteiger partial charge on any atom is 0.230 e. The van der Waals surface area contributed by atoms with Crippen molar-refractivity contribution in [3.63, 3.8) is 0 Å². The van der Waals surface area contributed by atoms with Gasteiger partial charge >= 0.3 is 0 Å². The second-order valence-electron chi connectivity index (χ2n) is 7.71. The lowest BCUT2D eigenvalue weighted by Crippen LogP contribution is -2.32. The summed E-state index contributed by atoms with van der Waals surface area (Å²) < 4.78 is 5.15. The molecule has 0 spiro atoms. The van der Waals surface area contributed by atoms with Gasteiger partial charge in [-0.25, -0.2) is 0 Å². The van der Waals surface area contributed by atoms with Crippen LogP contribution in [0.2, 0.25) is 0 Å². The number of benzene rings is 3. The molecular formula is C25H27NO2. The van der Waals surface area contributed by atoms with Crippen LogP contribution >= 0.6 is 0 Å². The van der Waals surface area contributed by atoms with Gasteiger partial charge in [-0.1, -0.05) is 80.6 Å². The highest BCUT2D eigenvalue weighted by Crippen LogP contribution is 2.26. The average Bonchev–Trinajstić information content (AvgIpc) is 2.70. The van der Waals surface area contributed by atoms with E-state index >= 15 is 0 Å². The van der Waals surface area contributed by atoms with E-state index in [-0.39, 0.29) is 5.91 Å². The third-order valence-corrected chi connectivity index (χ3v) is 4.84. The third-order valence-electron chi connectivity index (χ3n) is 4.84.